The van der Waals surface area contributed by atoms with E-state index in [9.17, 15) is 9.90 Å². The SMILES string of the molecule is COC(=O)/C(CCC[N+]1=Cc2ccccc2CC1)=C(/O)OC. The van der Waals surface area contributed by atoms with E-state index in [-0.39, 0.29) is 11.5 Å². The fourth-order valence-corrected chi connectivity index (χ4v) is 2.59. The second-order valence-corrected chi connectivity index (χ2v) is 5.20. The summed E-state index contributed by atoms with van der Waals surface area (Å²) in [5.41, 5.74) is 2.80. The molecule has 0 spiro atoms. The van der Waals surface area contributed by atoms with Crippen LogP contribution in [0.3, 0.4) is 0 Å². The van der Waals surface area contributed by atoms with Gasteiger partial charge in [-0.25, -0.2) is 9.37 Å². The highest BCUT2D eigenvalue weighted by Crippen LogP contribution is 2.14. The lowest BCUT2D eigenvalue weighted by atomic mass is 10.0. The molecular formula is C17H22NO4+. The maximum Gasteiger partial charge on any atom is 0.340 e. The van der Waals surface area contributed by atoms with Crippen LogP contribution in [-0.4, -0.2) is 49.2 Å². The van der Waals surface area contributed by atoms with Crippen molar-refractivity contribution >= 4 is 12.2 Å². The Morgan fingerprint density at radius 1 is 1.27 bits per heavy atom. The van der Waals surface area contributed by atoms with Gasteiger partial charge in [0.25, 0.3) is 5.95 Å². The van der Waals surface area contributed by atoms with Gasteiger partial charge in [0.15, 0.2) is 6.21 Å². The third kappa shape index (κ3) is 3.87. The van der Waals surface area contributed by atoms with Gasteiger partial charge < -0.3 is 14.6 Å². The molecule has 1 aliphatic heterocycles. The van der Waals surface area contributed by atoms with E-state index in [1.54, 1.807) is 0 Å². The smallest absolute Gasteiger partial charge is 0.340 e. The van der Waals surface area contributed by atoms with Crippen LogP contribution in [0.5, 0.6) is 0 Å². The standard InChI is InChI=1S/C17H21NO4/c1-21-16(19)15(17(20)22-2)8-5-10-18-11-9-13-6-3-4-7-14(13)12-18/h3-4,6-7,12H,5,8-11H2,1-2H3/p+1. The van der Waals surface area contributed by atoms with Crippen molar-refractivity contribution in [1.82, 2.24) is 0 Å². The number of carbonyl (C=O) groups is 1. The quantitative estimate of drug-likeness (QED) is 0.378. The number of carbonyl (C=O) groups excluding carboxylic acids is 1. The van der Waals surface area contributed by atoms with Crippen LogP contribution in [0.15, 0.2) is 35.8 Å². The maximum atomic E-state index is 11.6. The summed E-state index contributed by atoms with van der Waals surface area (Å²) >= 11 is 0. The van der Waals surface area contributed by atoms with E-state index < -0.39 is 5.97 Å². The molecule has 0 saturated carbocycles. The van der Waals surface area contributed by atoms with Gasteiger partial charge in [-0.2, -0.15) is 0 Å². The van der Waals surface area contributed by atoms with Crippen LogP contribution in [-0.2, 0) is 20.7 Å². The molecule has 0 bridgehead atoms. The molecule has 0 unspecified atom stereocenters. The predicted octanol–water partition coefficient (Wildman–Crippen LogP) is 2.04. The molecule has 0 atom stereocenters. The predicted molar refractivity (Wildman–Crippen MR) is 83.2 cm³/mol. The van der Waals surface area contributed by atoms with E-state index in [0.29, 0.717) is 6.42 Å². The first-order valence-electron chi connectivity index (χ1n) is 7.37. The van der Waals surface area contributed by atoms with Gasteiger partial charge in [0.2, 0.25) is 0 Å². The normalized spacial score (nSPS) is 14.5. The summed E-state index contributed by atoms with van der Waals surface area (Å²) in [5.74, 6) is -0.910. The Hall–Kier alpha value is -2.30. The van der Waals surface area contributed by atoms with Crippen molar-refractivity contribution in [2.24, 2.45) is 0 Å². The number of methoxy groups -OCH3 is 2. The summed E-state index contributed by atoms with van der Waals surface area (Å²) in [6, 6.07) is 8.35. The van der Waals surface area contributed by atoms with Gasteiger partial charge in [0.05, 0.1) is 14.2 Å². The largest absolute Gasteiger partial charge is 0.481 e. The number of hydrogen-bond acceptors (Lipinski definition) is 4. The van der Waals surface area contributed by atoms with Gasteiger partial charge in [-0.1, -0.05) is 18.2 Å². The number of aliphatic hydroxyl groups excluding tert-OH is 1. The first-order valence-corrected chi connectivity index (χ1v) is 7.37. The maximum absolute atomic E-state index is 11.6. The minimum absolute atomic E-state index is 0.183. The highest BCUT2D eigenvalue weighted by Gasteiger charge is 2.19. The Kier molecular flexibility index (Phi) is 5.58. The molecule has 1 aliphatic rings. The molecule has 1 aromatic carbocycles. The number of hydrogen-bond donors (Lipinski definition) is 1. The first kappa shape index (κ1) is 16.1. The Balaban J connectivity index is 1.96. The van der Waals surface area contributed by atoms with E-state index in [0.717, 1.165) is 25.9 Å². The minimum Gasteiger partial charge on any atom is -0.481 e. The lowest BCUT2D eigenvalue weighted by Crippen LogP contribution is -2.24. The average molecular weight is 304 g/mol. The second kappa shape index (κ2) is 7.64. The molecule has 0 aromatic heterocycles. The summed E-state index contributed by atoms with van der Waals surface area (Å²) in [7, 11) is 2.62. The van der Waals surface area contributed by atoms with Crippen LogP contribution in [0.4, 0.5) is 0 Å². The molecule has 0 fully saturated rings. The summed E-state index contributed by atoms with van der Waals surface area (Å²) in [4.78, 5) is 11.6. The van der Waals surface area contributed by atoms with Gasteiger partial charge >= 0.3 is 5.97 Å². The molecule has 1 aromatic rings. The van der Waals surface area contributed by atoms with Crippen LogP contribution in [0.25, 0.3) is 0 Å². The number of esters is 1. The van der Waals surface area contributed by atoms with Gasteiger partial charge in [-0.05, 0) is 18.1 Å². The van der Waals surface area contributed by atoms with Crippen LogP contribution in [0.2, 0.25) is 0 Å². The molecule has 5 nitrogen and oxygen atoms in total. The number of benzene rings is 1. The molecular weight excluding hydrogens is 282 g/mol. The average Bonchev–Trinajstić information content (AvgIpc) is 2.57. The monoisotopic (exact) mass is 304 g/mol. The molecule has 2 rings (SSSR count). The van der Waals surface area contributed by atoms with Crippen molar-refractivity contribution in [2.75, 3.05) is 27.3 Å². The highest BCUT2D eigenvalue weighted by molar-refractivity contribution is 5.88. The molecule has 0 amide bonds. The molecule has 118 valence electrons. The van der Waals surface area contributed by atoms with Gasteiger partial charge in [-0.3, -0.25) is 0 Å². The number of fused-ring (bicyclic) bond motifs is 1. The van der Waals surface area contributed by atoms with Crippen molar-refractivity contribution in [2.45, 2.75) is 19.3 Å². The van der Waals surface area contributed by atoms with E-state index in [1.165, 1.54) is 25.3 Å². The van der Waals surface area contributed by atoms with E-state index in [4.69, 9.17) is 4.74 Å². The summed E-state index contributed by atoms with van der Waals surface area (Å²) < 4.78 is 11.6. The van der Waals surface area contributed by atoms with Crippen molar-refractivity contribution < 1.29 is 24.0 Å². The van der Waals surface area contributed by atoms with Crippen LogP contribution in [0, 0.1) is 0 Å². The number of rotatable bonds is 6. The van der Waals surface area contributed by atoms with E-state index >= 15 is 0 Å². The molecule has 1 heterocycles. The van der Waals surface area contributed by atoms with Crippen LogP contribution < -0.4 is 0 Å². The minimum atomic E-state index is -0.549. The van der Waals surface area contributed by atoms with Crippen molar-refractivity contribution in [1.29, 1.82) is 0 Å². The van der Waals surface area contributed by atoms with Crippen molar-refractivity contribution in [3.63, 3.8) is 0 Å². The number of nitrogens with zero attached hydrogens (tertiary/aromatic N) is 1. The molecule has 1 N–H and O–H groups in total. The summed E-state index contributed by atoms with van der Waals surface area (Å²) in [6.07, 6.45) is 4.32. The summed E-state index contributed by atoms with van der Waals surface area (Å²) in [6.45, 7) is 1.77. The molecule has 0 saturated heterocycles. The van der Waals surface area contributed by atoms with Crippen molar-refractivity contribution in [3.05, 3.63) is 46.9 Å². The van der Waals surface area contributed by atoms with Gasteiger partial charge in [0, 0.05) is 18.4 Å². The lowest BCUT2D eigenvalue weighted by Gasteiger charge is -2.12. The fraction of sp³-hybridized carbons (Fsp3) is 0.412. The summed E-state index contributed by atoms with van der Waals surface area (Å²) in [5, 5.41) is 9.62. The fourth-order valence-electron chi connectivity index (χ4n) is 2.59. The Morgan fingerprint density at radius 3 is 2.77 bits per heavy atom. The van der Waals surface area contributed by atoms with Gasteiger partial charge in [0.1, 0.15) is 18.7 Å². The van der Waals surface area contributed by atoms with E-state index in [2.05, 4.69) is 33.7 Å². The zero-order valence-corrected chi connectivity index (χ0v) is 13.0. The lowest BCUT2D eigenvalue weighted by molar-refractivity contribution is -0.524. The molecule has 0 aliphatic carbocycles. The van der Waals surface area contributed by atoms with E-state index in [1.807, 2.05) is 6.07 Å². The molecule has 5 heteroatoms. The topological polar surface area (TPSA) is 58.8 Å². The molecule has 22 heavy (non-hydrogen) atoms. The molecule has 0 radical (unpaired) electrons. The van der Waals surface area contributed by atoms with Crippen LogP contribution in [0.1, 0.15) is 24.0 Å². The number of aliphatic hydroxyl groups is 1. The zero-order valence-electron chi connectivity index (χ0n) is 13.0. The first-order chi connectivity index (χ1) is 10.7. The third-order valence-corrected chi connectivity index (χ3v) is 3.80. The number of ether oxygens (including phenoxy) is 2. The van der Waals surface area contributed by atoms with Crippen LogP contribution >= 0.6 is 0 Å². The zero-order chi connectivity index (χ0) is 15.9. The Labute approximate surface area is 130 Å². The highest BCUT2D eigenvalue weighted by atomic mass is 16.6. The van der Waals surface area contributed by atoms with Gasteiger partial charge in [-0.15, -0.1) is 0 Å². The Morgan fingerprint density at radius 2 is 2.05 bits per heavy atom. The Bertz CT molecular complexity index is 604. The second-order valence-electron chi connectivity index (χ2n) is 5.20. The third-order valence-electron chi connectivity index (χ3n) is 3.80. The van der Waals surface area contributed by atoms with Crippen molar-refractivity contribution in [3.8, 4) is 0 Å².